The van der Waals surface area contributed by atoms with Crippen molar-refractivity contribution in [1.29, 1.82) is 0 Å². The average molecular weight is 292 g/mol. The molecule has 1 fully saturated rings. The molecule has 0 unspecified atom stereocenters. The fourth-order valence-corrected chi connectivity index (χ4v) is 4.50. The lowest BCUT2D eigenvalue weighted by atomic mass is 9.88. The topological polar surface area (TPSA) is 12.0 Å². The van der Waals surface area contributed by atoms with E-state index >= 15 is 0 Å². The van der Waals surface area contributed by atoms with Gasteiger partial charge in [-0.25, -0.2) is 0 Å². The molecule has 0 spiro atoms. The molecule has 2 heteroatoms. The van der Waals surface area contributed by atoms with Gasteiger partial charge in [-0.2, -0.15) is 11.8 Å². The summed E-state index contributed by atoms with van der Waals surface area (Å²) < 4.78 is 0.491. The molecule has 1 nitrogen and oxygen atoms in total. The van der Waals surface area contributed by atoms with Crippen LogP contribution >= 0.6 is 11.8 Å². The Bertz CT molecular complexity index is 424. The number of aryl methyl sites for hydroxylation is 3. The Hall–Kier alpha value is -0.470. The summed E-state index contributed by atoms with van der Waals surface area (Å²) in [6.45, 7) is 8.83. The minimum Gasteiger partial charge on any atom is -0.311 e. The van der Waals surface area contributed by atoms with E-state index in [4.69, 9.17) is 0 Å². The van der Waals surface area contributed by atoms with Gasteiger partial charge in [-0.3, -0.25) is 0 Å². The number of benzene rings is 1. The van der Waals surface area contributed by atoms with E-state index in [2.05, 4.69) is 56.2 Å². The van der Waals surface area contributed by atoms with Gasteiger partial charge in [0.2, 0.25) is 0 Å². The minimum atomic E-state index is 0.491. The van der Waals surface area contributed by atoms with E-state index in [0.29, 0.717) is 4.75 Å². The monoisotopic (exact) mass is 291 g/mol. The van der Waals surface area contributed by atoms with Crippen LogP contribution in [0.5, 0.6) is 0 Å². The number of nitrogens with one attached hydrogen (secondary N) is 1. The van der Waals surface area contributed by atoms with E-state index < -0.39 is 0 Å². The second-order valence-electron chi connectivity index (χ2n) is 6.43. The van der Waals surface area contributed by atoms with Crippen LogP contribution in [0.4, 0.5) is 0 Å². The summed E-state index contributed by atoms with van der Waals surface area (Å²) in [6.07, 6.45) is 9.30. The maximum Gasteiger partial charge on any atom is 0.0281 e. The van der Waals surface area contributed by atoms with Gasteiger partial charge >= 0.3 is 0 Å². The predicted molar refractivity (Wildman–Crippen MR) is 91.7 cm³/mol. The summed E-state index contributed by atoms with van der Waals surface area (Å²) in [5, 5.41) is 3.74. The molecule has 0 saturated heterocycles. The highest BCUT2D eigenvalue weighted by molar-refractivity contribution is 8.00. The van der Waals surface area contributed by atoms with Crippen LogP contribution < -0.4 is 5.32 Å². The van der Waals surface area contributed by atoms with Crippen LogP contribution in [-0.2, 0) is 6.54 Å². The molecule has 0 amide bonds. The molecule has 0 radical (unpaired) electrons. The molecule has 1 aliphatic carbocycles. The maximum atomic E-state index is 3.74. The molecular weight excluding hydrogens is 262 g/mol. The molecule has 2 rings (SSSR count). The summed E-state index contributed by atoms with van der Waals surface area (Å²) in [5.41, 5.74) is 5.72. The fourth-order valence-electron chi connectivity index (χ4n) is 3.55. The Morgan fingerprint density at radius 1 is 1.05 bits per heavy atom. The van der Waals surface area contributed by atoms with Crippen LogP contribution in [0, 0.1) is 20.8 Å². The zero-order valence-corrected chi connectivity index (χ0v) is 14.3. The average Bonchev–Trinajstić information content (AvgIpc) is 2.43. The van der Waals surface area contributed by atoms with Crippen LogP contribution in [0.25, 0.3) is 0 Å². The lowest BCUT2D eigenvalue weighted by Gasteiger charge is -2.36. The molecule has 1 aromatic carbocycles. The third-order valence-corrected chi connectivity index (χ3v) is 6.21. The van der Waals surface area contributed by atoms with Crippen LogP contribution in [0.3, 0.4) is 0 Å². The van der Waals surface area contributed by atoms with Crippen molar-refractivity contribution in [2.45, 2.75) is 64.2 Å². The van der Waals surface area contributed by atoms with E-state index in [1.54, 1.807) is 0 Å². The smallest absolute Gasteiger partial charge is 0.0281 e. The van der Waals surface area contributed by atoms with Gasteiger partial charge in [0.25, 0.3) is 0 Å². The Morgan fingerprint density at radius 3 is 2.20 bits per heavy atom. The highest BCUT2D eigenvalue weighted by atomic mass is 32.2. The zero-order chi connectivity index (χ0) is 14.6. The third kappa shape index (κ3) is 3.79. The first-order valence-electron chi connectivity index (χ1n) is 7.89. The Labute approximate surface area is 128 Å². The summed E-state index contributed by atoms with van der Waals surface area (Å²) >= 11 is 2.08. The minimum absolute atomic E-state index is 0.491. The maximum absolute atomic E-state index is 3.74. The normalized spacial score (nSPS) is 18.2. The van der Waals surface area contributed by atoms with Crippen molar-refractivity contribution in [2.75, 3.05) is 12.8 Å². The first-order valence-corrected chi connectivity index (χ1v) is 9.11. The van der Waals surface area contributed by atoms with E-state index in [9.17, 15) is 0 Å². The van der Waals surface area contributed by atoms with E-state index in [0.717, 1.165) is 13.1 Å². The van der Waals surface area contributed by atoms with Gasteiger partial charge in [-0.15, -0.1) is 0 Å². The molecule has 0 aliphatic heterocycles. The SMILES string of the molecule is CSC1(CNCc2c(C)cc(C)cc2C)CCCCC1. The quantitative estimate of drug-likeness (QED) is 0.839. The third-order valence-electron chi connectivity index (χ3n) is 4.79. The lowest BCUT2D eigenvalue weighted by molar-refractivity contribution is 0.379. The van der Waals surface area contributed by atoms with Gasteiger partial charge in [-0.05, 0) is 56.6 Å². The molecule has 112 valence electrons. The van der Waals surface area contributed by atoms with Gasteiger partial charge in [0.05, 0.1) is 0 Å². The summed E-state index contributed by atoms with van der Waals surface area (Å²) in [4.78, 5) is 0. The summed E-state index contributed by atoms with van der Waals surface area (Å²) in [7, 11) is 0. The number of thioether (sulfide) groups is 1. The van der Waals surface area contributed by atoms with E-state index in [1.807, 2.05) is 0 Å². The Balaban J connectivity index is 1.95. The Morgan fingerprint density at radius 2 is 1.65 bits per heavy atom. The predicted octanol–water partition coefficient (Wildman–Crippen LogP) is 4.77. The van der Waals surface area contributed by atoms with Crippen LogP contribution in [-0.4, -0.2) is 17.5 Å². The zero-order valence-electron chi connectivity index (χ0n) is 13.5. The van der Waals surface area contributed by atoms with Gasteiger partial charge in [0.1, 0.15) is 0 Å². The molecule has 0 bridgehead atoms. The largest absolute Gasteiger partial charge is 0.311 e. The molecule has 1 aliphatic rings. The molecule has 1 aromatic rings. The number of rotatable bonds is 5. The molecule has 1 N–H and O–H groups in total. The first kappa shape index (κ1) is 15.9. The first-order chi connectivity index (χ1) is 9.56. The second kappa shape index (κ2) is 7.00. The highest BCUT2D eigenvalue weighted by Crippen LogP contribution is 2.38. The van der Waals surface area contributed by atoms with Crippen LogP contribution in [0.15, 0.2) is 12.1 Å². The van der Waals surface area contributed by atoms with Crippen molar-refractivity contribution in [2.24, 2.45) is 0 Å². The van der Waals surface area contributed by atoms with Crippen molar-refractivity contribution in [3.63, 3.8) is 0 Å². The lowest BCUT2D eigenvalue weighted by Crippen LogP contribution is -2.39. The molecule has 0 aromatic heterocycles. The van der Waals surface area contributed by atoms with Gasteiger partial charge in [-0.1, -0.05) is 37.0 Å². The second-order valence-corrected chi connectivity index (χ2v) is 7.70. The molecule has 20 heavy (non-hydrogen) atoms. The standard InChI is InChI=1S/C18H29NS/c1-14-10-15(2)17(16(3)11-14)12-19-13-18(20-4)8-6-5-7-9-18/h10-11,19H,5-9,12-13H2,1-4H3. The molecule has 0 heterocycles. The number of hydrogen-bond acceptors (Lipinski definition) is 2. The van der Waals surface area contributed by atoms with Crippen LogP contribution in [0.1, 0.15) is 54.4 Å². The van der Waals surface area contributed by atoms with Crippen LogP contribution in [0.2, 0.25) is 0 Å². The van der Waals surface area contributed by atoms with Crippen molar-refractivity contribution in [1.82, 2.24) is 5.32 Å². The number of hydrogen-bond donors (Lipinski definition) is 1. The van der Waals surface area contributed by atoms with Crippen molar-refractivity contribution < 1.29 is 0 Å². The van der Waals surface area contributed by atoms with Crippen molar-refractivity contribution in [3.8, 4) is 0 Å². The fraction of sp³-hybridized carbons (Fsp3) is 0.667. The van der Waals surface area contributed by atoms with E-state index in [-0.39, 0.29) is 0 Å². The Kier molecular flexibility index (Phi) is 5.57. The summed E-state index contributed by atoms with van der Waals surface area (Å²) in [5.74, 6) is 0. The van der Waals surface area contributed by atoms with Gasteiger partial charge < -0.3 is 5.32 Å². The molecular formula is C18H29NS. The van der Waals surface area contributed by atoms with Crippen molar-refractivity contribution >= 4 is 11.8 Å². The summed E-state index contributed by atoms with van der Waals surface area (Å²) in [6, 6.07) is 4.60. The van der Waals surface area contributed by atoms with E-state index in [1.165, 1.54) is 54.4 Å². The molecule has 1 saturated carbocycles. The molecule has 0 atom stereocenters. The highest BCUT2D eigenvalue weighted by Gasteiger charge is 2.30. The van der Waals surface area contributed by atoms with Gasteiger partial charge in [0.15, 0.2) is 0 Å². The van der Waals surface area contributed by atoms with Crippen molar-refractivity contribution in [3.05, 3.63) is 34.4 Å². The van der Waals surface area contributed by atoms with Gasteiger partial charge in [0, 0.05) is 17.8 Å².